The predicted octanol–water partition coefficient (Wildman–Crippen LogP) is 4.62. The molecule has 0 aromatic carbocycles. The predicted molar refractivity (Wildman–Crippen MR) is 70.7 cm³/mol. The van der Waals surface area contributed by atoms with Crippen LogP contribution in [-0.4, -0.2) is 0 Å². The van der Waals surface area contributed by atoms with E-state index in [1.54, 1.807) is 0 Å². The molecule has 0 aromatic heterocycles. The topological polar surface area (TPSA) is 0 Å². The third kappa shape index (κ3) is 0.903. The highest BCUT2D eigenvalue weighted by Gasteiger charge is 2.78. The van der Waals surface area contributed by atoms with Gasteiger partial charge in [-0.05, 0) is 64.4 Å². The van der Waals surface area contributed by atoms with Gasteiger partial charge in [0.25, 0.3) is 0 Å². The molecule has 1 aliphatic heterocycles. The zero-order chi connectivity index (χ0) is 11.3. The van der Waals surface area contributed by atoms with Gasteiger partial charge in [0.1, 0.15) is 0 Å². The van der Waals surface area contributed by atoms with E-state index in [0.29, 0.717) is 5.41 Å². The van der Waals surface area contributed by atoms with Gasteiger partial charge in [-0.15, -0.1) is 0 Å². The van der Waals surface area contributed by atoms with E-state index in [0.717, 1.165) is 29.1 Å². The summed E-state index contributed by atoms with van der Waals surface area (Å²) in [5, 5.41) is 3.83. The van der Waals surface area contributed by atoms with Crippen LogP contribution in [0.15, 0.2) is 10.6 Å². The van der Waals surface area contributed by atoms with Gasteiger partial charge < -0.3 is 0 Å². The third-order valence-electron chi connectivity index (χ3n) is 6.31. The molecule has 16 heavy (non-hydrogen) atoms. The maximum Gasteiger partial charge on any atom is -0.00492 e. The zero-order valence-electron chi connectivity index (χ0n) is 10.9. The van der Waals surface area contributed by atoms with Crippen LogP contribution in [0.25, 0.3) is 0 Å². The lowest BCUT2D eigenvalue weighted by atomic mass is 9.56. The molecule has 4 rings (SSSR count). The Labute approximate surface area is 101 Å². The Balaban J connectivity index is 1.75. The van der Waals surface area contributed by atoms with Crippen molar-refractivity contribution in [1.29, 1.82) is 0 Å². The Morgan fingerprint density at radius 2 is 2.00 bits per heavy atom. The molecule has 1 heteroatoms. The van der Waals surface area contributed by atoms with Crippen molar-refractivity contribution in [3.63, 3.8) is 0 Å². The monoisotopic (exact) mass is 234 g/mol. The normalized spacial score (nSPS) is 57.8. The van der Waals surface area contributed by atoms with E-state index in [-0.39, 0.29) is 0 Å². The maximum atomic E-state index is 2.57. The number of fused-ring (bicyclic) bond motifs is 4. The average Bonchev–Trinajstić information content (AvgIpc) is 2.99. The first-order chi connectivity index (χ1) is 7.48. The Kier molecular flexibility index (Phi) is 1.65. The molecule has 1 spiro atoms. The van der Waals surface area contributed by atoms with Crippen molar-refractivity contribution in [2.24, 2.45) is 34.5 Å². The molecule has 0 radical (unpaired) electrons. The molecular weight excluding hydrogens is 211 g/mol. The summed E-state index contributed by atoms with van der Waals surface area (Å²) < 4.78 is 0. The first-order valence-electron chi connectivity index (χ1n) is 6.98. The largest absolute Gasteiger partial charge is 0.0670 e. The Hall–Kier alpha value is 0.170. The molecule has 0 aromatic rings. The fourth-order valence-corrected chi connectivity index (χ4v) is 7.62. The van der Waals surface area contributed by atoms with Crippen molar-refractivity contribution in [1.82, 2.24) is 0 Å². The minimum Gasteiger partial charge on any atom is -0.0670 e. The lowest BCUT2D eigenvalue weighted by Gasteiger charge is -2.48. The minimum absolute atomic E-state index is 0.602. The molecule has 2 fully saturated rings. The van der Waals surface area contributed by atoms with Gasteiger partial charge in [0, 0.05) is 0 Å². The zero-order valence-corrected chi connectivity index (χ0v) is 11.9. The highest BCUT2D eigenvalue weighted by atomic mass is 31.1. The fraction of sp³-hybridized carbons (Fsp3) is 0.867. The summed E-state index contributed by atoms with van der Waals surface area (Å²) in [6.07, 6.45) is 4.46. The molecule has 88 valence electrons. The quantitative estimate of drug-likeness (QED) is 0.536. The van der Waals surface area contributed by atoms with Crippen LogP contribution in [-0.2, 0) is 0 Å². The second kappa shape index (κ2) is 2.61. The lowest BCUT2D eigenvalue weighted by molar-refractivity contribution is 0.00834. The molecular formula is C15H23P. The van der Waals surface area contributed by atoms with E-state index in [9.17, 15) is 0 Å². The van der Waals surface area contributed by atoms with Crippen LogP contribution in [0.5, 0.6) is 0 Å². The van der Waals surface area contributed by atoms with Gasteiger partial charge in [-0.3, -0.25) is 0 Å². The standard InChI is InChI=1S/C15H23P/c1-8-5-9(2)15(14(3,4)7-8)10-6-11-13(16-11)12(10)15/h8-10,12,16H,5-7H2,1-4H3/t8?,9-,10?,12?,15?/m1/s1. The molecule has 0 amide bonds. The van der Waals surface area contributed by atoms with E-state index in [4.69, 9.17) is 0 Å². The van der Waals surface area contributed by atoms with Crippen LogP contribution in [0, 0.1) is 34.5 Å². The molecule has 1 heterocycles. The molecule has 5 unspecified atom stereocenters. The van der Waals surface area contributed by atoms with E-state index in [2.05, 4.69) is 27.7 Å². The highest BCUT2D eigenvalue weighted by Crippen LogP contribution is 2.89. The highest BCUT2D eigenvalue weighted by molar-refractivity contribution is 7.56. The third-order valence-corrected chi connectivity index (χ3v) is 7.71. The van der Waals surface area contributed by atoms with Gasteiger partial charge in [0.05, 0.1) is 0 Å². The van der Waals surface area contributed by atoms with E-state index < -0.39 is 0 Å². The fourth-order valence-electron chi connectivity index (χ4n) is 6.18. The van der Waals surface area contributed by atoms with E-state index in [1.807, 2.05) is 10.6 Å². The Morgan fingerprint density at radius 3 is 2.56 bits per heavy atom. The molecule has 0 N–H and O–H groups in total. The number of rotatable bonds is 0. The molecule has 0 saturated heterocycles. The Morgan fingerprint density at radius 1 is 1.25 bits per heavy atom. The van der Waals surface area contributed by atoms with Crippen molar-refractivity contribution in [2.75, 3.05) is 0 Å². The van der Waals surface area contributed by atoms with Gasteiger partial charge in [-0.1, -0.05) is 36.3 Å². The van der Waals surface area contributed by atoms with Gasteiger partial charge in [0.2, 0.25) is 0 Å². The first-order valence-corrected chi connectivity index (χ1v) is 7.98. The lowest BCUT2D eigenvalue weighted by Crippen LogP contribution is -2.41. The van der Waals surface area contributed by atoms with Crippen LogP contribution in [0.3, 0.4) is 0 Å². The second-order valence-corrected chi connectivity index (χ2v) is 8.96. The summed E-state index contributed by atoms with van der Waals surface area (Å²) in [5.41, 5.74) is 1.34. The average molecular weight is 234 g/mol. The molecule has 4 aliphatic rings. The van der Waals surface area contributed by atoms with Crippen LogP contribution in [0.4, 0.5) is 0 Å². The molecule has 2 saturated carbocycles. The molecule has 0 bridgehead atoms. The van der Waals surface area contributed by atoms with E-state index in [1.165, 1.54) is 27.8 Å². The smallest absolute Gasteiger partial charge is 0.00492 e. The summed E-state index contributed by atoms with van der Waals surface area (Å²) in [5.74, 6) is 4.06. The summed E-state index contributed by atoms with van der Waals surface area (Å²) in [6, 6.07) is 0. The Bertz CT molecular complexity index is 406. The number of hydrogen-bond acceptors (Lipinski definition) is 0. The van der Waals surface area contributed by atoms with Crippen molar-refractivity contribution in [3.05, 3.63) is 10.6 Å². The number of allylic oxidation sites excluding steroid dienone is 2. The van der Waals surface area contributed by atoms with Gasteiger partial charge in [-0.25, -0.2) is 0 Å². The number of hydrogen-bond donors (Lipinski definition) is 0. The second-order valence-electron chi connectivity index (χ2n) is 7.57. The SMILES string of the molecule is CC1C[C@@H](C)C2(C3CC4=C(P4)C32)C(C)(C)C1. The maximum absolute atomic E-state index is 2.57. The van der Waals surface area contributed by atoms with Crippen molar-refractivity contribution < 1.29 is 0 Å². The minimum atomic E-state index is 0.602. The van der Waals surface area contributed by atoms with Crippen LogP contribution < -0.4 is 0 Å². The molecule has 0 nitrogen and oxygen atoms in total. The van der Waals surface area contributed by atoms with Gasteiger partial charge in [-0.2, -0.15) is 0 Å². The van der Waals surface area contributed by atoms with Gasteiger partial charge >= 0.3 is 0 Å². The molecule has 3 aliphatic carbocycles. The van der Waals surface area contributed by atoms with Crippen LogP contribution >= 0.6 is 8.58 Å². The summed E-state index contributed by atoms with van der Waals surface area (Å²) >= 11 is 0. The first kappa shape index (κ1) is 10.1. The van der Waals surface area contributed by atoms with Crippen LogP contribution in [0.1, 0.15) is 47.0 Å². The molecule has 6 atom stereocenters. The van der Waals surface area contributed by atoms with Crippen molar-refractivity contribution >= 4 is 8.58 Å². The van der Waals surface area contributed by atoms with Gasteiger partial charge in [0.15, 0.2) is 0 Å². The summed E-state index contributed by atoms with van der Waals surface area (Å²) in [7, 11) is 1.20. The summed E-state index contributed by atoms with van der Waals surface area (Å²) in [6.45, 7) is 10.2. The van der Waals surface area contributed by atoms with Crippen molar-refractivity contribution in [2.45, 2.75) is 47.0 Å². The van der Waals surface area contributed by atoms with Crippen LogP contribution in [0.2, 0.25) is 0 Å². The summed E-state index contributed by atoms with van der Waals surface area (Å²) in [4.78, 5) is 0. The van der Waals surface area contributed by atoms with E-state index >= 15 is 0 Å². The van der Waals surface area contributed by atoms with Crippen molar-refractivity contribution in [3.8, 4) is 0 Å².